The largest absolute Gasteiger partial charge is 0.0666 e. The summed E-state index contributed by atoms with van der Waals surface area (Å²) in [5.41, 5.74) is 7.69. The Balaban J connectivity index is 1.56. The van der Waals surface area contributed by atoms with Gasteiger partial charge in [0.25, 0.3) is 0 Å². The van der Waals surface area contributed by atoms with Crippen LogP contribution in [0.3, 0.4) is 0 Å². The third kappa shape index (κ3) is 0.972. The van der Waals surface area contributed by atoms with Gasteiger partial charge in [0.1, 0.15) is 0 Å². The highest BCUT2D eigenvalue weighted by Gasteiger charge is 2.60. The average molecular weight is 212 g/mol. The Labute approximate surface area is 97.8 Å². The van der Waals surface area contributed by atoms with E-state index in [4.69, 9.17) is 0 Å². The molecule has 2 fully saturated rings. The van der Waals surface area contributed by atoms with E-state index in [0.29, 0.717) is 0 Å². The van der Waals surface area contributed by atoms with Crippen molar-refractivity contribution in [1.82, 2.24) is 0 Å². The zero-order valence-corrected chi connectivity index (χ0v) is 9.97. The average Bonchev–Trinajstić information content (AvgIpc) is 3.16. The minimum absolute atomic E-state index is 1.08. The van der Waals surface area contributed by atoms with Crippen LogP contribution in [-0.4, -0.2) is 0 Å². The molecular formula is C16H20. The van der Waals surface area contributed by atoms with Crippen LogP contribution in [0.2, 0.25) is 0 Å². The second-order valence-electron chi connectivity index (χ2n) is 6.83. The number of fused-ring (bicyclic) bond motifs is 5. The predicted molar refractivity (Wildman–Crippen MR) is 64.9 cm³/mol. The van der Waals surface area contributed by atoms with E-state index in [1.54, 1.807) is 12.8 Å². The zero-order valence-electron chi connectivity index (χ0n) is 9.97. The van der Waals surface area contributed by atoms with Gasteiger partial charge in [-0.2, -0.15) is 0 Å². The first-order valence-electron chi connectivity index (χ1n) is 7.33. The van der Waals surface area contributed by atoms with Crippen molar-refractivity contribution in [3.05, 3.63) is 22.3 Å². The summed E-state index contributed by atoms with van der Waals surface area (Å²) in [5.74, 6) is 4.48. The summed E-state index contributed by atoms with van der Waals surface area (Å²) in [5, 5.41) is 0. The molecule has 5 rings (SSSR count). The summed E-state index contributed by atoms with van der Waals surface area (Å²) in [4.78, 5) is 0. The molecule has 5 aliphatic carbocycles. The van der Waals surface area contributed by atoms with Crippen LogP contribution in [0, 0.1) is 23.7 Å². The smallest absolute Gasteiger partial charge is 0.00999 e. The summed E-state index contributed by atoms with van der Waals surface area (Å²) in [6, 6.07) is 0. The molecule has 5 aliphatic rings. The monoisotopic (exact) mass is 212 g/mol. The first-order chi connectivity index (χ1) is 7.92. The third-order valence-electron chi connectivity index (χ3n) is 6.05. The van der Waals surface area contributed by atoms with E-state index < -0.39 is 0 Å². The Morgan fingerprint density at radius 1 is 0.688 bits per heavy atom. The Hall–Kier alpha value is -0.520. The molecule has 0 aromatic heterocycles. The molecule has 0 saturated heterocycles. The van der Waals surface area contributed by atoms with Crippen molar-refractivity contribution in [1.29, 1.82) is 0 Å². The van der Waals surface area contributed by atoms with Gasteiger partial charge in [-0.25, -0.2) is 0 Å². The topological polar surface area (TPSA) is 0 Å². The minimum Gasteiger partial charge on any atom is -0.0666 e. The second-order valence-corrected chi connectivity index (χ2v) is 6.83. The molecule has 4 unspecified atom stereocenters. The fourth-order valence-electron chi connectivity index (χ4n) is 5.06. The molecule has 0 aliphatic heterocycles. The van der Waals surface area contributed by atoms with E-state index in [9.17, 15) is 0 Å². The quantitative estimate of drug-likeness (QED) is 0.527. The van der Waals surface area contributed by atoms with Crippen LogP contribution >= 0.6 is 0 Å². The lowest BCUT2D eigenvalue weighted by molar-refractivity contribution is 0.547. The predicted octanol–water partition coefficient (Wildman–Crippen LogP) is 4.23. The normalized spacial score (nSPS) is 48.0. The van der Waals surface area contributed by atoms with Gasteiger partial charge in [-0.15, -0.1) is 0 Å². The lowest BCUT2D eigenvalue weighted by atomic mass is 9.74. The summed E-state index contributed by atoms with van der Waals surface area (Å²) in [7, 11) is 0. The lowest BCUT2D eigenvalue weighted by Crippen LogP contribution is -2.15. The molecule has 0 heteroatoms. The molecule has 0 heterocycles. The Morgan fingerprint density at radius 3 is 1.69 bits per heavy atom. The molecule has 0 radical (unpaired) electrons. The van der Waals surface area contributed by atoms with E-state index in [0.717, 1.165) is 23.7 Å². The van der Waals surface area contributed by atoms with Crippen LogP contribution in [-0.2, 0) is 0 Å². The van der Waals surface area contributed by atoms with E-state index in [1.165, 1.54) is 38.5 Å². The summed E-state index contributed by atoms with van der Waals surface area (Å²) >= 11 is 0. The molecular weight excluding hydrogens is 192 g/mol. The minimum atomic E-state index is 1.08. The molecule has 0 spiro atoms. The molecule has 0 nitrogen and oxygen atoms in total. The number of allylic oxidation sites excluding steroid dienone is 4. The Morgan fingerprint density at radius 2 is 1.19 bits per heavy atom. The van der Waals surface area contributed by atoms with E-state index >= 15 is 0 Å². The molecule has 16 heavy (non-hydrogen) atoms. The van der Waals surface area contributed by atoms with Gasteiger partial charge in [0.2, 0.25) is 0 Å². The molecule has 0 bridgehead atoms. The van der Waals surface area contributed by atoms with Crippen LogP contribution in [0.25, 0.3) is 0 Å². The fourth-order valence-corrected chi connectivity index (χ4v) is 5.06. The molecule has 0 amide bonds. The van der Waals surface area contributed by atoms with E-state index in [1.807, 2.05) is 22.3 Å². The van der Waals surface area contributed by atoms with Crippen LogP contribution in [0.4, 0.5) is 0 Å². The Bertz CT molecular complexity index is 397. The van der Waals surface area contributed by atoms with E-state index in [-0.39, 0.29) is 0 Å². The van der Waals surface area contributed by atoms with Crippen molar-refractivity contribution in [2.45, 2.75) is 51.4 Å². The van der Waals surface area contributed by atoms with Crippen molar-refractivity contribution in [3.8, 4) is 0 Å². The third-order valence-corrected chi connectivity index (χ3v) is 6.05. The van der Waals surface area contributed by atoms with E-state index in [2.05, 4.69) is 0 Å². The van der Waals surface area contributed by atoms with Gasteiger partial charge in [-0.1, -0.05) is 22.3 Å². The summed E-state index contributed by atoms with van der Waals surface area (Å²) in [6.07, 6.45) is 11.8. The number of hydrogen-bond donors (Lipinski definition) is 0. The van der Waals surface area contributed by atoms with Crippen molar-refractivity contribution >= 4 is 0 Å². The van der Waals surface area contributed by atoms with Gasteiger partial charge in [0.05, 0.1) is 0 Å². The summed E-state index contributed by atoms with van der Waals surface area (Å²) < 4.78 is 0. The maximum atomic E-state index is 1.96. The standard InChI is InChI=1S/C16H20/c1-2-4-10-6-12-11(5-9(10)3-1)13-7-15(13)16-8-14(12)16/h13-16H,1-8H2. The number of rotatable bonds is 0. The SMILES string of the molecule is C1CCC2=C(C1)CC1=C(C2)C2CC2C2CC12. The molecule has 2 saturated carbocycles. The van der Waals surface area contributed by atoms with Crippen LogP contribution in [0.15, 0.2) is 22.3 Å². The van der Waals surface area contributed by atoms with Gasteiger partial charge in [-0.05, 0) is 75.0 Å². The lowest BCUT2D eigenvalue weighted by Gasteiger charge is -2.31. The van der Waals surface area contributed by atoms with Crippen molar-refractivity contribution in [2.24, 2.45) is 23.7 Å². The van der Waals surface area contributed by atoms with Crippen molar-refractivity contribution in [3.63, 3.8) is 0 Å². The van der Waals surface area contributed by atoms with Gasteiger partial charge < -0.3 is 0 Å². The van der Waals surface area contributed by atoms with Gasteiger partial charge in [-0.3, -0.25) is 0 Å². The second kappa shape index (κ2) is 2.66. The van der Waals surface area contributed by atoms with Crippen LogP contribution < -0.4 is 0 Å². The van der Waals surface area contributed by atoms with Crippen LogP contribution in [0.1, 0.15) is 51.4 Å². The van der Waals surface area contributed by atoms with Crippen LogP contribution in [0.5, 0.6) is 0 Å². The first-order valence-corrected chi connectivity index (χ1v) is 7.33. The highest BCUT2D eigenvalue weighted by Crippen LogP contribution is 2.70. The highest BCUT2D eigenvalue weighted by molar-refractivity contribution is 5.45. The zero-order chi connectivity index (χ0) is 10.3. The Kier molecular flexibility index (Phi) is 1.42. The van der Waals surface area contributed by atoms with Crippen molar-refractivity contribution in [2.75, 3.05) is 0 Å². The van der Waals surface area contributed by atoms with Gasteiger partial charge in [0, 0.05) is 0 Å². The number of hydrogen-bond acceptors (Lipinski definition) is 0. The molecule has 0 aromatic rings. The summed E-state index contributed by atoms with van der Waals surface area (Å²) in [6.45, 7) is 0. The molecule has 84 valence electrons. The molecule has 0 N–H and O–H groups in total. The maximum Gasteiger partial charge on any atom is -0.00999 e. The first kappa shape index (κ1) is 8.55. The van der Waals surface area contributed by atoms with Gasteiger partial charge >= 0.3 is 0 Å². The molecule has 0 aromatic carbocycles. The fraction of sp³-hybridized carbons (Fsp3) is 0.750. The maximum absolute atomic E-state index is 1.96. The highest BCUT2D eigenvalue weighted by atomic mass is 14.6. The molecule has 4 atom stereocenters. The van der Waals surface area contributed by atoms with Crippen molar-refractivity contribution < 1.29 is 0 Å². The van der Waals surface area contributed by atoms with Gasteiger partial charge in [0.15, 0.2) is 0 Å².